The van der Waals surface area contributed by atoms with E-state index in [4.69, 9.17) is 14.2 Å². The molecule has 0 aliphatic rings. The van der Waals surface area contributed by atoms with Crippen molar-refractivity contribution in [3.63, 3.8) is 0 Å². The Hall–Kier alpha value is -3.09. The van der Waals surface area contributed by atoms with Gasteiger partial charge in [0.15, 0.2) is 11.5 Å². The van der Waals surface area contributed by atoms with E-state index >= 15 is 0 Å². The lowest BCUT2D eigenvalue weighted by Crippen LogP contribution is -2.09. The van der Waals surface area contributed by atoms with Crippen LogP contribution in [0.25, 0.3) is 0 Å². The highest BCUT2D eigenvalue weighted by Crippen LogP contribution is 2.28. The Balaban J connectivity index is 2.22. The van der Waals surface area contributed by atoms with Crippen molar-refractivity contribution < 1.29 is 23.9 Å². The normalized spacial score (nSPS) is 10.0. The number of nitro benzene ring substituents is 1. The summed E-state index contributed by atoms with van der Waals surface area (Å²) in [5.74, 6) is 0.532. The Bertz CT molecular complexity index is 756. The molecule has 0 heterocycles. The van der Waals surface area contributed by atoms with Gasteiger partial charge in [0.2, 0.25) is 0 Å². The van der Waals surface area contributed by atoms with Crippen molar-refractivity contribution in [3.8, 4) is 17.2 Å². The number of carbonyl (C=O) groups is 1. The number of aryl methyl sites for hydroxylation is 1. The van der Waals surface area contributed by atoms with E-state index in [2.05, 4.69) is 0 Å². The average molecular weight is 317 g/mol. The van der Waals surface area contributed by atoms with Crippen LogP contribution in [-0.2, 0) is 0 Å². The Kier molecular flexibility index (Phi) is 4.80. The molecular weight excluding hydrogens is 302 g/mol. The first-order valence-corrected chi connectivity index (χ1v) is 6.65. The van der Waals surface area contributed by atoms with Gasteiger partial charge in [-0.05, 0) is 37.3 Å². The highest BCUT2D eigenvalue weighted by molar-refractivity contribution is 5.91. The smallest absolute Gasteiger partial charge is 0.343 e. The predicted octanol–water partition coefficient (Wildman–Crippen LogP) is 3.14. The molecule has 0 aliphatic heterocycles. The average Bonchev–Trinajstić information content (AvgIpc) is 2.53. The van der Waals surface area contributed by atoms with Crippen LogP contribution >= 0.6 is 0 Å². The molecule has 0 fully saturated rings. The standard InChI is InChI=1S/C16H15NO6/c1-10-8-12(5-6-13(10)17(19)20)23-16(18)11-4-7-14(21-2)15(9-11)22-3/h4-9H,1-3H3. The lowest BCUT2D eigenvalue weighted by molar-refractivity contribution is -0.385. The minimum absolute atomic E-state index is 0.0316. The van der Waals surface area contributed by atoms with Crippen molar-refractivity contribution in [1.29, 1.82) is 0 Å². The maximum absolute atomic E-state index is 12.2. The van der Waals surface area contributed by atoms with Crippen LogP contribution in [0, 0.1) is 17.0 Å². The molecule has 2 aromatic rings. The molecule has 23 heavy (non-hydrogen) atoms. The van der Waals surface area contributed by atoms with Crippen LogP contribution in [0.1, 0.15) is 15.9 Å². The molecule has 0 N–H and O–H groups in total. The van der Waals surface area contributed by atoms with Crippen LogP contribution in [-0.4, -0.2) is 25.1 Å². The highest BCUT2D eigenvalue weighted by Gasteiger charge is 2.15. The van der Waals surface area contributed by atoms with Gasteiger partial charge in [-0.3, -0.25) is 10.1 Å². The third kappa shape index (κ3) is 3.57. The van der Waals surface area contributed by atoms with Crippen molar-refractivity contribution in [1.82, 2.24) is 0 Å². The number of nitro groups is 1. The number of hydrogen-bond donors (Lipinski definition) is 0. The third-order valence-electron chi connectivity index (χ3n) is 3.19. The summed E-state index contributed by atoms with van der Waals surface area (Å²) in [5.41, 5.74) is 0.655. The van der Waals surface area contributed by atoms with Gasteiger partial charge in [0, 0.05) is 11.6 Å². The van der Waals surface area contributed by atoms with Crippen molar-refractivity contribution in [2.24, 2.45) is 0 Å². The topological polar surface area (TPSA) is 87.9 Å². The molecule has 0 aliphatic carbocycles. The number of carbonyl (C=O) groups excluding carboxylic acids is 1. The molecule has 0 saturated carbocycles. The lowest BCUT2D eigenvalue weighted by atomic mass is 10.2. The minimum Gasteiger partial charge on any atom is -0.493 e. The van der Waals surface area contributed by atoms with Gasteiger partial charge in [-0.25, -0.2) is 4.79 Å². The van der Waals surface area contributed by atoms with Crippen LogP contribution in [0.2, 0.25) is 0 Å². The molecule has 7 nitrogen and oxygen atoms in total. The molecule has 2 rings (SSSR count). The summed E-state index contributed by atoms with van der Waals surface area (Å²) < 4.78 is 15.5. The second-order valence-corrected chi connectivity index (χ2v) is 4.66. The Morgan fingerprint density at radius 3 is 2.30 bits per heavy atom. The van der Waals surface area contributed by atoms with E-state index in [-0.39, 0.29) is 17.0 Å². The number of rotatable bonds is 5. The molecule has 7 heteroatoms. The molecule has 0 atom stereocenters. The monoisotopic (exact) mass is 317 g/mol. The third-order valence-corrected chi connectivity index (χ3v) is 3.19. The fraction of sp³-hybridized carbons (Fsp3) is 0.188. The summed E-state index contributed by atoms with van der Waals surface area (Å²) in [6, 6.07) is 8.75. The second kappa shape index (κ2) is 6.78. The predicted molar refractivity (Wildman–Crippen MR) is 82.3 cm³/mol. The number of methoxy groups -OCH3 is 2. The minimum atomic E-state index is -0.598. The van der Waals surface area contributed by atoms with Gasteiger partial charge in [-0.15, -0.1) is 0 Å². The van der Waals surface area contributed by atoms with Gasteiger partial charge in [-0.2, -0.15) is 0 Å². The zero-order chi connectivity index (χ0) is 17.0. The number of ether oxygens (including phenoxy) is 3. The van der Waals surface area contributed by atoms with Crippen LogP contribution in [0.5, 0.6) is 17.2 Å². The molecule has 0 spiro atoms. The van der Waals surface area contributed by atoms with Gasteiger partial charge in [0.1, 0.15) is 5.75 Å². The first kappa shape index (κ1) is 16.3. The Morgan fingerprint density at radius 1 is 1.04 bits per heavy atom. The summed E-state index contributed by atoms with van der Waals surface area (Å²) in [5, 5.41) is 10.8. The maximum Gasteiger partial charge on any atom is 0.343 e. The molecule has 0 unspecified atom stereocenters. The van der Waals surface area contributed by atoms with Crippen molar-refractivity contribution in [3.05, 3.63) is 57.6 Å². The van der Waals surface area contributed by atoms with Crippen LogP contribution in [0.4, 0.5) is 5.69 Å². The van der Waals surface area contributed by atoms with Crippen molar-refractivity contribution in [2.75, 3.05) is 14.2 Å². The van der Waals surface area contributed by atoms with Crippen LogP contribution in [0.15, 0.2) is 36.4 Å². The van der Waals surface area contributed by atoms with Gasteiger partial charge in [-0.1, -0.05) is 0 Å². The summed E-state index contributed by atoms with van der Waals surface area (Å²) in [7, 11) is 2.96. The number of benzene rings is 2. The Labute approximate surface area is 132 Å². The SMILES string of the molecule is COc1ccc(C(=O)Oc2ccc([N+](=O)[O-])c(C)c2)cc1OC. The molecule has 0 bridgehead atoms. The zero-order valence-corrected chi connectivity index (χ0v) is 12.9. The summed E-state index contributed by atoms with van der Waals surface area (Å²) >= 11 is 0. The fourth-order valence-corrected chi connectivity index (χ4v) is 2.03. The second-order valence-electron chi connectivity index (χ2n) is 4.66. The van der Waals surface area contributed by atoms with Gasteiger partial charge in [0.05, 0.1) is 24.7 Å². The lowest BCUT2D eigenvalue weighted by Gasteiger charge is -2.09. The molecule has 0 saturated heterocycles. The fourth-order valence-electron chi connectivity index (χ4n) is 2.03. The highest BCUT2D eigenvalue weighted by atomic mass is 16.6. The van der Waals surface area contributed by atoms with Gasteiger partial charge >= 0.3 is 5.97 Å². The first-order chi connectivity index (χ1) is 11.0. The maximum atomic E-state index is 12.2. The quantitative estimate of drug-likeness (QED) is 0.364. The molecule has 120 valence electrons. The molecule has 0 radical (unpaired) electrons. The largest absolute Gasteiger partial charge is 0.493 e. The van der Waals surface area contributed by atoms with Gasteiger partial charge in [0.25, 0.3) is 5.69 Å². The first-order valence-electron chi connectivity index (χ1n) is 6.65. The van der Waals surface area contributed by atoms with E-state index in [1.807, 2.05) is 0 Å². The number of nitrogens with zero attached hydrogens (tertiary/aromatic N) is 1. The summed E-state index contributed by atoms with van der Waals surface area (Å²) in [4.78, 5) is 22.4. The molecule has 2 aromatic carbocycles. The van der Waals surface area contributed by atoms with E-state index in [9.17, 15) is 14.9 Å². The van der Waals surface area contributed by atoms with Gasteiger partial charge < -0.3 is 14.2 Å². The van der Waals surface area contributed by atoms with E-state index in [1.54, 1.807) is 19.1 Å². The van der Waals surface area contributed by atoms with E-state index in [0.29, 0.717) is 17.1 Å². The van der Waals surface area contributed by atoms with E-state index in [0.717, 1.165) is 0 Å². The Morgan fingerprint density at radius 2 is 1.74 bits per heavy atom. The number of esters is 1. The van der Waals surface area contributed by atoms with Crippen LogP contribution < -0.4 is 14.2 Å². The van der Waals surface area contributed by atoms with Crippen LogP contribution in [0.3, 0.4) is 0 Å². The molecule has 0 aromatic heterocycles. The molecular formula is C16H15NO6. The summed E-state index contributed by atoms with van der Waals surface area (Å²) in [6.45, 7) is 1.58. The summed E-state index contributed by atoms with van der Waals surface area (Å²) in [6.07, 6.45) is 0. The van der Waals surface area contributed by atoms with Crippen molar-refractivity contribution in [2.45, 2.75) is 6.92 Å². The molecule has 0 amide bonds. The number of hydrogen-bond acceptors (Lipinski definition) is 6. The van der Waals surface area contributed by atoms with Crippen molar-refractivity contribution >= 4 is 11.7 Å². The van der Waals surface area contributed by atoms with E-state index < -0.39 is 10.9 Å². The van der Waals surface area contributed by atoms with E-state index in [1.165, 1.54) is 38.5 Å². The zero-order valence-electron chi connectivity index (χ0n) is 12.9.